The molecular formula is C19H14ClN3O4. The van der Waals surface area contributed by atoms with E-state index in [4.69, 9.17) is 16.3 Å². The molecule has 0 saturated heterocycles. The lowest BCUT2D eigenvalue weighted by Crippen LogP contribution is -2.10. The number of hydrogen-bond donors (Lipinski definition) is 0. The smallest absolute Gasteiger partial charge is 0.345 e. The standard InChI is InChI=1S/C19H14ClN3O4/c1-11-3-4-12(2)14(9-11)16-7-8-18(22-21-16)27-19(24)13-5-6-15(20)17(10-13)23(25)26/h3-10H,1-2H3. The zero-order valence-electron chi connectivity index (χ0n) is 14.5. The molecular weight excluding hydrogens is 370 g/mol. The van der Waals surface area contributed by atoms with Crippen LogP contribution >= 0.6 is 11.6 Å². The minimum atomic E-state index is -0.788. The molecule has 0 fully saturated rings. The van der Waals surface area contributed by atoms with Crippen LogP contribution in [0.4, 0.5) is 5.69 Å². The Hall–Kier alpha value is -3.32. The highest BCUT2D eigenvalue weighted by molar-refractivity contribution is 6.32. The van der Waals surface area contributed by atoms with E-state index >= 15 is 0 Å². The van der Waals surface area contributed by atoms with Crippen molar-refractivity contribution < 1.29 is 14.5 Å². The highest BCUT2D eigenvalue weighted by Gasteiger charge is 2.18. The van der Waals surface area contributed by atoms with Gasteiger partial charge in [-0.3, -0.25) is 10.1 Å². The Balaban J connectivity index is 1.81. The number of nitro benzene ring substituents is 1. The number of aryl methyl sites for hydroxylation is 2. The van der Waals surface area contributed by atoms with Gasteiger partial charge < -0.3 is 4.74 Å². The Morgan fingerprint density at radius 2 is 1.85 bits per heavy atom. The number of carbonyl (C=O) groups excluding carboxylic acids is 1. The Morgan fingerprint density at radius 1 is 1.07 bits per heavy atom. The number of nitro groups is 1. The summed E-state index contributed by atoms with van der Waals surface area (Å²) in [5.41, 5.74) is 3.35. The van der Waals surface area contributed by atoms with Crippen LogP contribution in [0.2, 0.25) is 5.02 Å². The van der Waals surface area contributed by atoms with Crippen LogP contribution in [0.25, 0.3) is 11.3 Å². The van der Waals surface area contributed by atoms with Crippen molar-refractivity contribution in [3.8, 4) is 17.1 Å². The van der Waals surface area contributed by atoms with E-state index in [-0.39, 0.29) is 22.2 Å². The van der Waals surface area contributed by atoms with E-state index in [9.17, 15) is 14.9 Å². The second-order valence-corrected chi connectivity index (χ2v) is 6.30. The quantitative estimate of drug-likeness (QED) is 0.373. The second-order valence-electron chi connectivity index (χ2n) is 5.89. The van der Waals surface area contributed by atoms with Gasteiger partial charge in [0.1, 0.15) is 5.02 Å². The van der Waals surface area contributed by atoms with Crippen LogP contribution in [0.3, 0.4) is 0 Å². The number of aromatic nitrogens is 2. The van der Waals surface area contributed by atoms with Crippen molar-refractivity contribution in [1.82, 2.24) is 10.2 Å². The fourth-order valence-electron chi connectivity index (χ4n) is 2.46. The number of ether oxygens (including phenoxy) is 1. The molecule has 0 unspecified atom stereocenters. The molecule has 2 aromatic carbocycles. The molecule has 0 aliphatic carbocycles. The van der Waals surface area contributed by atoms with Gasteiger partial charge >= 0.3 is 5.97 Å². The van der Waals surface area contributed by atoms with Crippen LogP contribution in [0.15, 0.2) is 48.5 Å². The van der Waals surface area contributed by atoms with E-state index in [0.29, 0.717) is 5.69 Å². The fraction of sp³-hybridized carbons (Fsp3) is 0.105. The molecule has 0 spiro atoms. The van der Waals surface area contributed by atoms with Crippen molar-refractivity contribution in [2.24, 2.45) is 0 Å². The van der Waals surface area contributed by atoms with E-state index in [2.05, 4.69) is 10.2 Å². The molecule has 8 heteroatoms. The first-order valence-corrected chi connectivity index (χ1v) is 8.30. The molecule has 0 atom stereocenters. The average Bonchev–Trinajstić information content (AvgIpc) is 2.64. The van der Waals surface area contributed by atoms with Crippen molar-refractivity contribution in [2.45, 2.75) is 13.8 Å². The van der Waals surface area contributed by atoms with Gasteiger partial charge in [0.05, 0.1) is 16.2 Å². The maximum atomic E-state index is 12.2. The molecule has 1 aromatic heterocycles. The van der Waals surface area contributed by atoms with Crippen molar-refractivity contribution in [1.29, 1.82) is 0 Å². The third-order valence-electron chi connectivity index (χ3n) is 3.88. The summed E-state index contributed by atoms with van der Waals surface area (Å²) in [6.45, 7) is 3.95. The molecule has 3 rings (SSSR count). The summed E-state index contributed by atoms with van der Waals surface area (Å²) >= 11 is 5.74. The van der Waals surface area contributed by atoms with Crippen molar-refractivity contribution in [2.75, 3.05) is 0 Å². The summed E-state index contributed by atoms with van der Waals surface area (Å²) < 4.78 is 5.14. The molecule has 7 nitrogen and oxygen atoms in total. The predicted octanol–water partition coefficient (Wildman–Crippen LogP) is 4.54. The fourth-order valence-corrected chi connectivity index (χ4v) is 2.65. The molecule has 1 heterocycles. The maximum absolute atomic E-state index is 12.2. The molecule has 0 N–H and O–H groups in total. The lowest BCUT2D eigenvalue weighted by Gasteiger charge is -2.07. The molecule has 0 radical (unpaired) electrons. The van der Waals surface area contributed by atoms with Gasteiger partial charge in [0.25, 0.3) is 5.69 Å². The van der Waals surface area contributed by atoms with Crippen LogP contribution in [-0.2, 0) is 0 Å². The largest absolute Gasteiger partial charge is 0.402 e. The molecule has 0 bridgehead atoms. The summed E-state index contributed by atoms with van der Waals surface area (Å²) in [5, 5.41) is 18.9. The van der Waals surface area contributed by atoms with Gasteiger partial charge in [0.15, 0.2) is 0 Å². The first kappa shape index (κ1) is 18.5. The molecule has 0 aliphatic rings. The van der Waals surface area contributed by atoms with Crippen LogP contribution in [-0.4, -0.2) is 21.1 Å². The van der Waals surface area contributed by atoms with Gasteiger partial charge in [-0.15, -0.1) is 10.2 Å². The van der Waals surface area contributed by atoms with Crippen LogP contribution < -0.4 is 4.74 Å². The number of hydrogen-bond acceptors (Lipinski definition) is 6. The number of esters is 1. The number of halogens is 1. The SMILES string of the molecule is Cc1ccc(C)c(-c2ccc(OC(=O)c3ccc(Cl)c([N+](=O)[O-])c3)nn2)c1. The molecule has 136 valence electrons. The normalized spacial score (nSPS) is 10.5. The summed E-state index contributed by atoms with van der Waals surface area (Å²) in [7, 11) is 0. The number of rotatable bonds is 4. The lowest BCUT2D eigenvalue weighted by molar-refractivity contribution is -0.384. The van der Waals surface area contributed by atoms with E-state index in [0.717, 1.165) is 22.8 Å². The van der Waals surface area contributed by atoms with E-state index < -0.39 is 10.9 Å². The average molecular weight is 384 g/mol. The van der Waals surface area contributed by atoms with Gasteiger partial charge in [-0.1, -0.05) is 29.3 Å². The summed E-state index contributed by atoms with van der Waals surface area (Å²) in [6, 6.07) is 12.9. The van der Waals surface area contributed by atoms with Crippen LogP contribution in [0.5, 0.6) is 5.88 Å². The number of benzene rings is 2. The minimum absolute atomic E-state index is 0.00772. The highest BCUT2D eigenvalue weighted by atomic mass is 35.5. The highest BCUT2D eigenvalue weighted by Crippen LogP contribution is 2.26. The topological polar surface area (TPSA) is 95.2 Å². The number of carbonyl (C=O) groups is 1. The Kier molecular flexibility index (Phi) is 5.14. The lowest BCUT2D eigenvalue weighted by atomic mass is 10.0. The summed E-state index contributed by atoms with van der Waals surface area (Å²) in [5.74, 6) is -0.796. The van der Waals surface area contributed by atoms with Crippen molar-refractivity contribution in [3.63, 3.8) is 0 Å². The zero-order chi connectivity index (χ0) is 19.6. The van der Waals surface area contributed by atoms with Gasteiger partial charge in [0.2, 0.25) is 5.88 Å². The third kappa shape index (κ3) is 4.09. The molecule has 0 saturated carbocycles. The first-order valence-electron chi connectivity index (χ1n) is 7.92. The minimum Gasteiger partial charge on any atom is -0.402 e. The van der Waals surface area contributed by atoms with Crippen LogP contribution in [0, 0.1) is 24.0 Å². The maximum Gasteiger partial charge on any atom is 0.345 e. The summed E-state index contributed by atoms with van der Waals surface area (Å²) in [4.78, 5) is 22.5. The Bertz CT molecular complexity index is 1040. The van der Waals surface area contributed by atoms with Gasteiger partial charge in [-0.25, -0.2) is 4.79 Å². The first-order chi connectivity index (χ1) is 12.8. The third-order valence-corrected chi connectivity index (χ3v) is 4.20. The van der Waals surface area contributed by atoms with Gasteiger partial charge in [0, 0.05) is 17.7 Å². The second kappa shape index (κ2) is 7.51. The van der Waals surface area contributed by atoms with E-state index in [1.807, 2.05) is 32.0 Å². The van der Waals surface area contributed by atoms with Crippen molar-refractivity contribution >= 4 is 23.3 Å². The molecule has 0 amide bonds. The Morgan fingerprint density at radius 3 is 2.52 bits per heavy atom. The molecule has 0 aliphatic heterocycles. The number of nitrogens with zero attached hydrogens (tertiary/aromatic N) is 3. The molecule has 27 heavy (non-hydrogen) atoms. The Labute approximate surface area is 159 Å². The van der Waals surface area contributed by atoms with Gasteiger partial charge in [-0.05, 0) is 43.7 Å². The monoisotopic (exact) mass is 383 g/mol. The molecule has 3 aromatic rings. The predicted molar refractivity (Wildman–Crippen MR) is 100 cm³/mol. The van der Waals surface area contributed by atoms with Crippen LogP contribution in [0.1, 0.15) is 21.5 Å². The zero-order valence-corrected chi connectivity index (χ0v) is 15.2. The van der Waals surface area contributed by atoms with E-state index in [1.165, 1.54) is 18.2 Å². The summed E-state index contributed by atoms with van der Waals surface area (Å²) in [6.07, 6.45) is 0. The van der Waals surface area contributed by atoms with E-state index in [1.54, 1.807) is 6.07 Å². The van der Waals surface area contributed by atoms with Gasteiger partial charge in [-0.2, -0.15) is 0 Å². The van der Waals surface area contributed by atoms with Crippen molar-refractivity contribution in [3.05, 3.63) is 80.4 Å².